The van der Waals surface area contributed by atoms with Crippen LogP contribution in [0.3, 0.4) is 0 Å². The molecule has 0 heterocycles. The summed E-state index contributed by atoms with van der Waals surface area (Å²) in [6.45, 7) is 10.2. The Kier molecular flexibility index (Phi) is 7.63. The van der Waals surface area contributed by atoms with Gasteiger partial charge in [0, 0.05) is 13.7 Å². The Morgan fingerprint density at radius 3 is 2.30 bits per heavy atom. The van der Waals surface area contributed by atoms with Crippen molar-refractivity contribution >= 4 is 0 Å². The van der Waals surface area contributed by atoms with Gasteiger partial charge in [-0.1, -0.05) is 32.9 Å². The summed E-state index contributed by atoms with van der Waals surface area (Å²) in [4.78, 5) is 0. The minimum Gasteiger partial charge on any atom is -0.492 e. The van der Waals surface area contributed by atoms with Gasteiger partial charge in [-0.2, -0.15) is 0 Å². The minimum atomic E-state index is 0.395. The van der Waals surface area contributed by atoms with Gasteiger partial charge < -0.3 is 14.8 Å². The summed E-state index contributed by atoms with van der Waals surface area (Å²) in [5, 5.41) is 3.41. The molecule has 1 aromatic carbocycles. The highest BCUT2D eigenvalue weighted by molar-refractivity contribution is 5.27. The van der Waals surface area contributed by atoms with Crippen LogP contribution in [-0.4, -0.2) is 33.4 Å². The van der Waals surface area contributed by atoms with Crippen molar-refractivity contribution in [3.8, 4) is 5.75 Å². The summed E-state index contributed by atoms with van der Waals surface area (Å²) >= 11 is 0. The molecule has 3 heteroatoms. The molecule has 0 aliphatic rings. The maximum absolute atomic E-state index is 5.70. The molecule has 1 aromatic rings. The molecule has 0 unspecified atom stereocenters. The van der Waals surface area contributed by atoms with E-state index in [4.69, 9.17) is 9.47 Å². The number of hydrogen-bond donors (Lipinski definition) is 1. The summed E-state index contributed by atoms with van der Waals surface area (Å²) in [6.07, 6.45) is 2.13. The Morgan fingerprint density at radius 1 is 1.00 bits per heavy atom. The number of rotatable bonds is 9. The standard InChI is InChI=1S/C17H29NO2/c1-17(2,3)10-11-18-12-14-20-16-7-5-15(6-8-16)9-13-19-4/h5-8,18H,9-14H2,1-4H3. The van der Waals surface area contributed by atoms with Crippen LogP contribution in [0.1, 0.15) is 32.8 Å². The largest absolute Gasteiger partial charge is 0.492 e. The second-order valence-corrected chi connectivity index (χ2v) is 6.30. The van der Waals surface area contributed by atoms with Crippen molar-refractivity contribution in [1.82, 2.24) is 5.32 Å². The highest BCUT2D eigenvalue weighted by Crippen LogP contribution is 2.16. The Morgan fingerprint density at radius 2 is 1.70 bits per heavy atom. The molecule has 3 nitrogen and oxygen atoms in total. The van der Waals surface area contributed by atoms with Crippen LogP contribution < -0.4 is 10.1 Å². The fourth-order valence-electron chi connectivity index (χ4n) is 1.80. The quantitative estimate of drug-likeness (QED) is 0.704. The number of methoxy groups -OCH3 is 1. The van der Waals surface area contributed by atoms with E-state index in [9.17, 15) is 0 Å². The maximum Gasteiger partial charge on any atom is 0.119 e. The third-order valence-corrected chi connectivity index (χ3v) is 3.12. The highest BCUT2D eigenvalue weighted by Gasteiger charge is 2.08. The predicted octanol–water partition coefficient (Wildman–Crippen LogP) is 3.28. The van der Waals surface area contributed by atoms with Gasteiger partial charge in [0.15, 0.2) is 0 Å². The molecule has 20 heavy (non-hydrogen) atoms. The molecule has 1 N–H and O–H groups in total. The van der Waals surface area contributed by atoms with E-state index in [1.54, 1.807) is 7.11 Å². The molecule has 0 fully saturated rings. The van der Waals surface area contributed by atoms with Crippen molar-refractivity contribution in [3.63, 3.8) is 0 Å². The second-order valence-electron chi connectivity index (χ2n) is 6.30. The Hall–Kier alpha value is -1.06. The van der Waals surface area contributed by atoms with Gasteiger partial charge in [-0.25, -0.2) is 0 Å². The van der Waals surface area contributed by atoms with Gasteiger partial charge in [-0.15, -0.1) is 0 Å². The fourth-order valence-corrected chi connectivity index (χ4v) is 1.80. The first-order chi connectivity index (χ1) is 9.51. The Bertz CT molecular complexity index is 354. The summed E-state index contributed by atoms with van der Waals surface area (Å²) in [5.74, 6) is 0.934. The molecular formula is C17H29NO2. The first-order valence-electron chi connectivity index (χ1n) is 7.43. The molecule has 0 atom stereocenters. The van der Waals surface area contributed by atoms with E-state index in [0.29, 0.717) is 12.0 Å². The number of ether oxygens (including phenoxy) is 2. The van der Waals surface area contributed by atoms with Crippen molar-refractivity contribution in [3.05, 3.63) is 29.8 Å². The molecule has 0 saturated carbocycles. The van der Waals surface area contributed by atoms with E-state index in [0.717, 1.165) is 31.9 Å². The Balaban J connectivity index is 2.13. The normalized spacial score (nSPS) is 11.6. The van der Waals surface area contributed by atoms with E-state index in [1.165, 1.54) is 12.0 Å². The van der Waals surface area contributed by atoms with Crippen LogP contribution in [0.25, 0.3) is 0 Å². The molecule has 1 rings (SSSR count). The predicted molar refractivity (Wildman–Crippen MR) is 84.5 cm³/mol. The van der Waals surface area contributed by atoms with Crippen molar-refractivity contribution < 1.29 is 9.47 Å². The molecule has 0 radical (unpaired) electrons. The molecular weight excluding hydrogens is 250 g/mol. The van der Waals surface area contributed by atoms with Gasteiger partial charge in [0.05, 0.1) is 6.61 Å². The first-order valence-corrected chi connectivity index (χ1v) is 7.43. The summed E-state index contributed by atoms with van der Waals surface area (Å²) in [5.41, 5.74) is 1.67. The molecule has 0 aliphatic carbocycles. The van der Waals surface area contributed by atoms with Gasteiger partial charge in [0.25, 0.3) is 0 Å². The molecule has 0 amide bonds. The van der Waals surface area contributed by atoms with Crippen LogP contribution >= 0.6 is 0 Å². The van der Waals surface area contributed by atoms with Gasteiger partial charge in [0.2, 0.25) is 0 Å². The third-order valence-electron chi connectivity index (χ3n) is 3.12. The lowest BCUT2D eigenvalue weighted by molar-refractivity contribution is 0.202. The van der Waals surface area contributed by atoms with Crippen LogP contribution in [0.4, 0.5) is 0 Å². The van der Waals surface area contributed by atoms with E-state index < -0.39 is 0 Å². The molecule has 0 aliphatic heterocycles. The number of hydrogen-bond acceptors (Lipinski definition) is 3. The van der Waals surface area contributed by atoms with Gasteiger partial charge >= 0.3 is 0 Å². The average Bonchev–Trinajstić information content (AvgIpc) is 2.40. The van der Waals surface area contributed by atoms with Gasteiger partial charge in [-0.05, 0) is 42.5 Å². The molecule has 0 bridgehead atoms. The topological polar surface area (TPSA) is 30.5 Å². The maximum atomic E-state index is 5.70. The van der Waals surface area contributed by atoms with Crippen molar-refractivity contribution in [2.24, 2.45) is 5.41 Å². The lowest BCUT2D eigenvalue weighted by Gasteiger charge is -2.18. The fraction of sp³-hybridized carbons (Fsp3) is 0.647. The zero-order chi connectivity index (χ0) is 14.8. The summed E-state index contributed by atoms with van der Waals surface area (Å²) in [7, 11) is 1.73. The molecule has 0 aromatic heterocycles. The second kappa shape index (κ2) is 8.98. The lowest BCUT2D eigenvalue weighted by Crippen LogP contribution is -2.25. The molecule has 0 spiro atoms. The van der Waals surface area contributed by atoms with Crippen molar-refractivity contribution in [2.45, 2.75) is 33.6 Å². The third kappa shape index (κ3) is 8.18. The number of nitrogens with one attached hydrogen (secondary N) is 1. The SMILES string of the molecule is COCCc1ccc(OCCNCCC(C)(C)C)cc1. The lowest BCUT2D eigenvalue weighted by atomic mass is 9.92. The van der Waals surface area contributed by atoms with E-state index in [-0.39, 0.29) is 0 Å². The van der Waals surface area contributed by atoms with Gasteiger partial charge in [0.1, 0.15) is 12.4 Å². The molecule has 0 saturated heterocycles. The van der Waals surface area contributed by atoms with Crippen LogP contribution in [-0.2, 0) is 11.2 Å². The van der Waals surface area contributed by atoms with E-state index in [1.807, 2.05) is 12.1 Å². The first kappa shape index (κ1) is 17.0. The highest BCUT2D eigenvalue weighted by atomic mass is 16.5. The average molecular weight is 279 g/mol. The monoisotopic (exact) mass is 279 g/mol. The van der Waals surface area contributed by atoms with Crippen LogP contribution in [0.5, 0.6) is 5.75 Å². The number of benzene rings is 1. The van der Waals surface area contributed by atoms with E-state index in [2.05, 4.69) is 38.2 Å². The van der Waals surface area contributed by atoms with Crippen LogP contribution in [0.15, 0.2) is 24.3 Å². The van der Waals surface area contributed by atoms with Crippen LogP contribution in [0.2, 0.25) is 0 Å². The van der Waals surface area contributed by atoms with E-state index >= 15 is 0 Å². The van der Waals surface area contributed by atoms with Crippen LogP contribution in [0, 0.1) is 5.41 Å². The van der Waals surface area contributed by atoms with Gasteiger partial charge in [-0.3, -0.25) is 0 Å². The zero-order valence-corrected chi connectivity index (χ0v) is 13.4. The van der Waals surface area contributed by atoms with Crippen molar-refractivity contribution in [2.75, 3.05) is 33.4 Å². The summed E-state index contributed by atoms with van der Waals surface area (Å²) < 4.78 is 10.8. The summed E-state index contributed by atoms with van der Waals surface area (Å²) in [6, 6.07) is 8.25. The smallest absolute Gasteiger partial charge is 0.119 e. The zero-order valence-electron chi connectivity index (χ0n) is 13.4. The van der Waals surface area contributed by atoms with Crippen molar-refractivity contribution in [1.29, 1.82) is 0 Å². The minimum absolute atomic E-state index is 0.395. The Labute approximate surface area is 123 Å². The molecule has 114 valence electrons.